The van der Waals surface area contributed by atoms with Gasteiger partial charge in [-0.25, -0.2) is 0 Å². The molecule has 0 aromatic rings. The van der Waals surface area contributed by atoms with Crippen LogP contribution in [0, 0.1) is 0 Å². The molecule has 0 unspecified atom stereocenters. The van der Waals surface area contributed by atoms with Gasteiger partial charge in [-0.1, -0.05) is 11.8 Å². The fourth-order valence-electron chi connectivity index (χ4n) is 1.42. The van der Waals surface area contributed by atoms with Crippen molar-refractivity contribution in [3.05, 3.63) is 0 Å². The number of amidine groups is 2. The second-order valence-electron chi connectivity index (χ2n) is 3.36. The molecule has 0 spiro atoms. The number of nitrogens with one attached hydrogen (secondary N) is 2. The summed E-state index contributed by atoms with van der Waals surface area (Å²) in [6.07, 6.45) is 2.32. The minimum atomic E-state index is 0.922. The fourth-order valence-corrected chi connectivity index (χ4v) is 2.28. The Morgan fingerprint density at radius 3 is 2.50 bits per heavy atom. The largest absolute Gasteiger partial charge is 0.373 e. The van der Waals surface area contributed by atoms with Gasteiger partial charge in [0, 0.05) is 26.2 Å². The molecule has 0 radical (unpaired) electrons. The second-order valence-corrected chi connectivity index (χ2v) is 4.33. The molecule has 0 aromatic heterocycles. The SMILES string of the molecule is C1CN=C(CSC2=NCCCN2)NC1. The van der Waals surface area contributed by atoms with E-state index in [0.29, 0.717) is 0 Å². The predicted molar refractivity (Wildman–Crippen MR) is 62.3 cm³/mol. The molecule has 78 valence electrons. The van der Waals surface area contributed by atoms with Crippen LogP contribution in [0.3, 0.4) is 0 Å². The number of aliphatic imine (C=N–C) groups is 2. The highest BCUT2D eigenvalue weighted by atomic mass is 32.2. The molecule has 2 rings (SSSR count). The van der Waals surface area contributed by atoms with Gasteiger partial charge in [-0.15, -0.1) is 0 Å². The van der Waals surface area contributed by atoms with Gasteiger partial charge in [-0.05, 0) is 12.8 Å². The van der Waals surface area contributed by atoms with Gasteiger partial charge in [-0.3, -0.25) is 9.98 Å². The van der Waals surface area contributed by atoms with Gasteiger partial charge in [0.05, 0.1) is 5.75 Å². The van der Waals surface area contributed by atoms with Crippen LogP contribution < -0.4 is 10.6 Å². The minimum absolute atomic E-state index is 0.922. The smallest absolute Gasteiger partial charge is 0.156 e. The Morgan fingerprint density at radius 2 is 1.86 bits per heavy atom. The van der Waals surface area contributed by atoms with Crippen LogP contribution in [0.2, 0.25) is 0 Å². The van der Waals surface area contributed by atoms with E-state index in [0.717, 1.165) is 55.8 Å². The highest BCUT2D eigenvalue weighted by Crippen LogP contribution is 2.06. The molecular formula is C9H16N4S. The summed E-state index contributed by atoms with van der Waals surface area (Å²) >= 11 is 1.75. The highest BCUT2D eigenvalue weighted by molar-refractivity contribution is 8.14. The third-order valence-corrected chi connectivity index (χ3v) is 3.14. The summed E-state index contributed by atoms with van der Waals surface area (Å²) in [6.45, 7) is 4.07. The molecule has 0 amide bonds. The zero-order valence-electron chi connectivity index (χ0n) is 8.25. The summed E-state index contributed by atoms with van der Waals surface area (Å²) in [5.41, 5.74) is 0. The predicted octanol–water partition coefficient (Wildman–Crippen LogP) is 0.461. The van der Waals surface area contributed by atoms with Crippen LogP contribution >= 0.6 is 11.8 Å². The topological polar surface area (TPSA) is 48.8 Å². The Morgan fingerprint density at radius 1 is 1.07 bits per heavy atom. The number of thioether (sulfide) groups is 1. The van der Waals surface area contributed by atoms with Crippen LogP contribution in [0.25, 0.3) is 0 Å². The van der Waals surface area contributed by atoms with E-state index < -0.39 is 0 Å². The number of rotatable bonds is 2. The molecule has 0 aromatic carbocycles. The van der Waals surface area contributed by atoms with E-state index in [1.54, 1.807) is 11.8 Å². The van der Waals surface area contributed by atoms with Gasteiger partial charge >= 0.3 is 0 Å². The van der Waals surface area contributed by atoms with Crippen molar-refractivity contribution in [2.24, 2.45) is 9.98 Å². The maximum absolute atomic E-state index is 4.42. The van der Waals surface area contributed by atoms with Crippen molar-refractivity contribution in [1.29, 1.82) is 0 Å². The average Bonchev–Trinajstić information content (AvgIpc) is 2.29. The molecule has 2 N–H and O–H groups in total. The maximum Gasteiger partial charge on any atom is 0.156 e. The maximum atomic E-state index is 4.42. The van der Waals surface area contributed by atoms with E-state index >= 15 is 0 Å². The monoisotopic (exact) mass is 212 g/mol. The molecule has 2 aliphatic heterocycles. The van der Waals surface area contributed by atoms with Crippen molar-refractivity contribution in [2.45, 2.75) is 12.8 Å². The van der Waals surface area contributed by atoms with Crippen molar-refractivity contribution in [3.8, 4) is 0 Å². The Kier molecular flexibility index (Phi) is 3.68. The van der Waals surface area contributed by atoms with Crippen LogP contribution in [0.5, 0.6) is 0 Å². The van der Waals surface area contributed by atoms with Gasteiger partial charge in [0.1, 0.15) is 5.84 Å². The summed E-state index contributed by atoms with van der Waals surface area (Å²) in [4.78, 5) is 8.82. The second kappa shape index (κ2) is 5.24. The third kappa shape index (κ3) is 2.90. The molecule has 14 heavy (non-hydrogen) atoms. The Bertz CT molecular complexity index is 223. The lowest BCUT2D eigenvalue weighted by Gasteiger charge is -2.16. The zero-order valence-corrected chi connectivity index (χ0v) is 9.07. The first-order valence-electron chi connectivity index (χ1n) is 5.13. The van der Waals surface area contributed by atoms with Crippen LogP contribution in [0.4, 0.5) is 0 Å². The quantitative estimate of drug-likeness (QED) is 0.699. The number of nitrogens with zero attached hydrogens (tertiary/aromatic N) is 2. The zero-order chi connectivity index (χ0) is 9.64. The summed E-state index contributed by atoms with van der Waals surface area (Å²) < 4.78 is 0. The molecule has 0 fully saturated rings. The first-order valence-corrected chi connectivity index (χ1v) is 6.12. The van der Waals surface area contributed by atoms with Crippen molar-refractivity contribution in [1.82, 2.24) is 10.6 Å². The van der Waals surface area contributed by atoms with Gasteiger partial charge in [0.25, 0.3) is 0 Å². The van der Waals surface area contributed by atoms with E-state index in [4.69, 9.17) is 0 Å². The minimum Gasteiger partial charge on any atom is -0.373 e. The van der Waals surface area contributed by atoms with Crippen molar-refractivity contribution in [2.75, 3.05) is 31.9 Å². The molecule has 2 heterocycles. The van der Waals surface area contributed by atoms with E-state index in [1.807, 2.05) is 0 Å². The molecule has 2 aliphatic rings. The average molecular weight is 212 g/mol. The Balaban J connectivity index is 1.75. The molecule has 0 saturated heterocycles. The highest BCUT2D eigenvalue weighted by Gasteiger charge is 2.08. The molecule has 4 nitrogen and oxygen atoms in total. The molecular weight excluding hydrogens is 196 g/mol. The lowest BCUT2D eigenvalue weighted by atomic mass is 10.4. The lowest BCUT2D eigenvalue weighted by Crippen LogP contribution is -2.33. The van der Waals surface area contributed by atoms with E-state index in [9.17, 15) is 0 Å². The lowest BCUT2D eigenvalue weighted by molar-refractivity contribution is 0.739. The first-order chi connectivity index (χ1) is 6.95. The van der Waals surface area contributed by atoms with Crippen LogP contribution in [0.15, 0.2) is 9.98 Å². The van der Waals surface area contributed by atoms with E-state index in [2.05, 4.69) is 20.6 Å². The summed E-state index contributed by atoms with van der Waals surface area (Å²) in [6, 6.07) is 0. The normalized spacial score (nSPS) is 21.7. The number of hydrogen-bond donors (Lipinski definition) is 2. The standard InChI is InChI=1S/C9H16N4S/c1-3-10-8(11-4-1)7-14-9-12-5-2-6-13-9/h1-7H2,(H,10,11)(H,12,13). The van der Waals surface area contributed by atoms with Crippen LogP contribution in [0.1, 0.15) is 12.8 Å². The van der Waals surface area contributed by atoms with E-state index in [1.165, 1.54) is 0 Å². The molecule has 0 atom stereocenters. The molecule has 0 aliphatic carbocycles. The summed E-state index contributed by atoms with van der Waals surface area (Å²) in [5, 5.41) is 7.67. The van der Waals surface area contributed by atoms with Gasteiger partial charge in [0.2, 0.25) is 0 Å². The van der Waals surface area contributed by atoms with Crippen molar-refractivity contribution in [3.63, 3.8) is 0 Å². The fraction of sp³-hybridized carbons (Fsp3) is 0.778. The van der Waals surface area contributed by atoms with Gasteiger partial charge < -0.3 is 10.6 Å². The van der Waals surface area contributed by atoms with E-state index in [-0.39, 0.29) is 0 Å². The number of hydrogen-bond acceptors (Lipinski definition) is 5. The van der Waals surface area contributed by atoms with Crippen molar-refractivity contribution < 1.29 is 0 Å². The molecule has 0 bridgehead atoms. The van der Waals surface area contributed by atoms with Crippen LogP contribution in [-0.4, -0.2) is 42.9 Å². The van der Waals surface area contributed by atoms with Gasteiger partial charge in [-0.2, -0.15) is 0 Å². The molecule has 5 heteroatoms. The third-order valence-electron chi connectivity index (χ3n) is 2.18. The Labute approximate surface area is 88.7 Å². The summed E-state index contributed by atoms with van der Waals surface area (Å²) in [5.74, 6) is 2.04. The Hall–Kier alpha value is -0.710. The van der Waals surface area contributed by atoms with Crippen molar-refractivity contribution >= 4 is 22.8 Å². The first kappa shape index (κ1) is 9.83. The molecule has 0 saturated carbocycles. The van der Waals surface area contributed by atoms with Crippen LogP contribution in [-0.2, 0) is 0 Å². The summed E-state index contributed by atoms with van der Waals surface area (Å²) in [7, 11) is 0. The van der Waals surface area contributed by atoms with Gasteiger partial charge in [0.15, 0.2) is 5.17 Å².